The molecule has 0 spiro atoms. The van der Waals surface area contributed by atoms with E-state index in [-0.39, 0.29) is 18.4 Å². The molecule has 0 aliphatic carbocycles. The lowest BCUT2D eigenvalue weighted by Crippen LogP contribution is -2.45. The van der Waals surface area contributed by atoms with Crippen LogP contribution in [0.15, 0.2) is 0 Å². The maximum absolute atomic E-state index is 11.6. The van der Waals surface area contributed by atoms with Crippen LogP contribution in [0.3, 0.4) is 0 Å². The molecular formula is C13H26N2O4S. The highest BCUT2D eigenvalue weighted by Gasteiger charge is 2.27. The fraction of sp³-hybridized carbons (Fsp3) is 0.923. The van der Waals surface area contributed by atoms with Gasteiger partial charge in [0.1, 0.15) is 0 Å². The number of hydrogen-bond acceptors (Lipinski definition) is 4. The van der Waals surface area contributed by atoms with Crippen molar-refractivity contribution in [2.45, 2.75) is 39.2 Å². The number of nitrogens with zero attached hydrogens (tertiary/aromatic N) is 2. The number of carboxylic acids is 1. The van der Waals surface area contributed by atoms with E-state index in [1.807, 2.05) is 13.8 Å². The fourth-order valence-electron chi connectivity index (χ4n) is 2.61. The van der Waals surface area contributed by atoms with Crippen molar-refractivity contribution >= 4 is 16.0 Å². The van der Waals surface area contributed by atoms with Gasteiger partial charge in [0, 0.05) is 32.2 Å². The van der Waals surface area contributed by atoms with Crippen LogP contribution in [0, 0.1) is 5.92 Å². The molecule has 1 aliphatic heterocycles. The molecule has 0 radical (unpaired) electrons. The van der Waals surface area contributed by atoms with Gasteiger partial charge in [0.2, 0.25) is 10.0 Å². The number of carbonyl (C=O) groups is 1. The summed E-state index contributed by atoms with van der Waals surface area (Å²) in [5, 5.41) is 8.78. The summed E-state index contributed by atoms with van der Waals surface area (Å²) in [6.07, 6.45) is 3.26. The van der Waals surface area contributed by atoms with E-state index in [2.05, 4.69) is 4.90 Å². The molecule has 6 nitrogen and oxygen atoms in total. The quantitative estimate of drug-likeness (QED) is 0.754. The predicted octanol–water partition coefficient (Wildman–Crippen LogP) is 0.843. The molecule has 1 fully saturated rings. The summed E-state index contributed by atoms with van der Waals surface area (Å²) in [4.78, 5) is 12.8. The van der Waals surface area contributed by atoms with Gasteiger partial charge >= 0.3 is 5.97 Å². The number of piperidine rings is 1. The van der Waals surface area contributed by atoms with Crippen molar-refractivity contribution in [1.29, 1.82) is 0 Å². The van der Waals surface area contributed by atoms with Crippen molar-refractivity contribution in [2.75, 3.05) is 32.4 Å². The highest BCUT2D eigenvalue weighted by Crippen LogP contribution is 2.20. The fourth-order valence-corrected chi connectivity index (χ4v) is 3.55. The number of hydrogen-bond donors (Lipinski definition) is 1. The van der Waals surface area contributed by atoms with Crippen molar-refractivity contribution in [1.82, 2.24) is 9.21 Å². The summed E-state index contributed by atoms with van der Waals surface area (Å²) >= 11 is 0. The van der Waals surface area contributed by atoms with Gasteiger partial charge in [-0.15, -0.1) is 0 Å². The van der Waals surface area contributed by atoms with E-state index in [4.69, 9.17) is 5.11 Å². The zero-order valence-electron chi connectivity index (χ0n) is 12.6. The molecule has 0 aromatic heterocycles. The van der Waals surface area contributed by atoms with Crippen LogP contribution in [0.1, 0.15) is 33.1 Å². The van der Waals surface area contributed by atoms with Gasteiger partial charge in [-0.2, -0.15) is 0 Å². The first-order valence-electron chi connectivity index (χ1n) is 7.11. The molecule has 1 unspecified atom stereocenters. The van der Waals surface area contributed by atoms with Gasteiger partial charge in [0.05, 0.1) is 12.7 Å². The lowest BCUT2D eigenvalue weighted by Gasteiger charge is -2.35. The zero-order valence-corrected chi connectivity index (χ0v) is 13.4. The van der Waals surface area contributed by atoms with Crippen molar-refractivity contribution in [3.8, 4) is 0 Å². The molecule has 20 heavy (non-hydrogen) atoms. The van der Waals surface area contributed by atoms with E-state index >= 15 is 0 Å². The van der Waals surface area contributed by atoms with E-state index in [9.17, 15) is 13.2 Å². The highest BCUT2D eigenvalue weighted by atomic mass is 32.2. The summed E-state index contributed by atoms with van der Waals surface area (Å²) < 4.78 is 24.7. The molecule has 7 heteroatoms. The largest absolute Gasteiger partial charge is 0.481 e. The molecule has 118 valence electrons. The molecular weight excluding hydrogens is 280 g/mol. The second-order valence-electron chi connectivity index (χ2n) is 5.86. The summed E-state index contributed by atoms with van der Waals surface area (Å²) in [6.45, 7) is 6.51. The molecule has 1 heterocycles. The SMILES string of the molecule is CC(C)N(CCC(=O)O)CC1CCCN(S(C)(=O)=O)C1. The molecule has 1 saturated heterocycles. The van der Waals surface area contributed by atoms with Crippen molar-refractivity contribution in [2.24, 2.45) is 5.92 Å². The van der Waals surface area contributed by atoms with Gasteiger partial charge < -0.3 is 10.0 Å². The van der Waals surface area contributed by atoms with E-state index in [1.54, 1.807) is 0 Å². The van der Waals surface area contributed by atoms with Crippen LogP contribution in [0.25, 0.3) is 0 Å². The average molecular weight is 306 g/mol. The number of aliphatic carboxylic acids is 1. The lowest BCUT2D eigenvalue weighted by atomic mass is 9.98. The van der Waals surface area contributed by atoms with Crippen LogP contribution in [-0.2, 0) is 14.8 Å². The molecule has 0 aromatic carbocycles. The Morgan fingerprint density at radius 2 is 2.10 bits per heavy atom. The van der Waals surface area contributed by atoms with E-state index in [0.717, 1.165) is 19.4 Å². The summed E-state index contributed by atoms with van der Waals surface area (Å²) in [6, 6.07) is 0.267. The van der Waals surface area contributed by atoms with Crippen molar-refractivity contribution in [3.05, 3.63) is 0 Å². The smallest absolute Gasteiger partial charge is 0.304 e. The minimum atomic E-state index is -3.12. The Kier molecular flexibility index (Phi) is 6.42. The van der Waals surface area contributed by atoms with Gasteiger partial charge in [-0.3, -0.25) is 4.79 Å². The van der Waals surface area contributed by atoms with Gasteiger partial charge in [-0.05, 0) is 32.6 Å². The third kappa shape index (κ3) is 5.76. The Labute approximate surface area is 121 Å². The summed E-state index contributed by atoms with van der Waals surface area (Å²) in [7, 11) is -3.12. The van der Waals surface area contributed by atoms with Gasteiger partial charge in [-0.25, -0.2) is 12.7 Å². The molecule has 1 atom stereocenters. The predicted molar refractivity (Wildman–Crippen MR) is 78.1 cm³/mol. The van der Waals surface area contributed by atoms with E-state index in [0.29, 0.717) is 19.6 Å². The number of rotatable bonds is 7. The third-order valence-corrected chi connectivity index (χ3v) is 5.06. The van der Waals surface area contributed by atoms with E-state index < -0.39 is 16.0 Å². The Balaban J connectivity index is 2.57. The van der Waals surface area contributed by atoms with Gasteiger partial charge in [-0.1, -0.05) is 0 Å². The molecule has 1 N–H and O–H groups in total. The van der Waals surface area contributed by atoms with Crippen LogP contribution in [0.5, 0.6) is 0 Å². The monoisotopic (exact) mass is 306 g/mol. The lowest BCUT2D eigenvalue weighted by molar-refractivity contribution is -0.137. The van der Waals surface area contributed by atoms with E-state index in [1.165, 1.54) is 10.6 Å². The van der Waals surface area contributed by atoms with Crippen LogP contribution in [0.2, 0.25) is 0 Å². The standard InChI is InChI=1S/C13H26N2O4S/c1-11(2)14(8-6-13(16)17)9-12-5-4-7-15(10-12)20(3,18)19/h11-12H,4-10H2,1-3H3,(H,16,17). The Morgan fingerprint density at radius 1 is 1.45 bits per heavy atom. The molecule has 0 saturated carbocycles. The minimum absolute atomic E-state index is 0.126. The Hall–Kier alpha value is -0.660. The molecule has 1 aliphatic rings. The Morgan fingerprint density at radius 3 is 2.60 bits per heavy atom. The second kappa shape index (κ2) is 7.38. The summed E-state index contributed by atoms with van der Waals surface area (Å²) in [5.41, 5.74) is 0. The van der Waals surface area contributed by atoms with Gasteiger partial charge in [0.15, 0.2) is 0 Å². The topological polar surface area (TPSA) is 77.9 Å². The highest BCUT2D eigenvalue weighted by molar-refractivity contribution is 7.88. The molecule has 1 rings (SSSR count). The van der Waals surface area contributed by atoms with Crippen LogP contribution >= 0.6 is 0 Å². The van der Waals surface area contributed by atoms with Crippen molar-refractivity contribution < 1.29 is 18.3 Å². The molecule has 0 amide bonds. The van der Waals surface area contributed by atoms with Crippen molar-refractivity contribution in [3.63, 3.8) is 0 Å². The summed E-state index contributed by atoms with van der Waals surface area (Å²) in [5.74, 6) is -0.508. The first-order chi connectivity index (χ1) is 9.20. The first-order valence-corrected chi connectivity index (χ1v) is 8.96. The van der Waals surface area contributed by atoms with Crippen LogP contribution in [-0.4, -0.2) is 67.2 Å². The maximum atomic E-state index is 11.6. The molecule has 0 aromatic rings. The first kappa shape index (κ1) is 17.4. The zero-order chi connectivity index (χ0) is 15.3. The van der Waals surface area contributed by atoms with Crippen LogP contribution in [0.4, 0.5) is 0 Å². The third-order valence-electron chi connectivity index (χ3n) is 3.79. The van der Waals surface area contributed by atoms with Crippen LogP contribution < -0.4 is 0 Å². The second-order valence-corrected chi connectivity index (χ2v) is 7.84. The normalized spacial score (nSPS) is 21.6. The van der Waals surface area contributed by atoms with Gasteiger partial charge in [0.25, 0.3) is 0 Å². The number of sulfonamides is 1. The molecule has 0 bridgehead atoms. The Bertz CT molecular complexity index is 422. The number of carboxylic acid groups (broad SMARTS) is 1. The average Bonchev–Trinajstić information content (AvgIpc) is 2.33. The minimum Gasteiger partial charge on any atom is -0.481 e. The maximum Gasteiger partial charge on any atom is 0.304 e.